The molecule has 0 aliphatic carbocycles. The van der Waals surface area contributed by atoms with Crippen molar-refractivity contribution in [3.63, 3.8) is 0 Å². The topological polar surface area (TPSA) is 97.5 Å². The molecular weight excluding hydrogens is 238 g/mol. The molecule has 1 aromatic heterocycles. The van der Waals surface area contributed by atoms with E-state index in [1.54, 1.807) is 0 Å². The minimum absolute atomic E-state index is 0.0585. The summed E-state index contributed by atoms with van der Waals surface area (Å²) in [5.74, 6) is 0.494. The van der Waals surface area contributed by atoms with Crippen molar-refractivity contribution in [2.24, 2.45) is 0 Å². The minimum Gasteiger partial charge on any atom is -0.385 e. The summed E-state index contributed by atoms with van der Waals surface area (Å²) >= 11 is 0. The van der Waals surface area contributed by atoms with Crippen LogP contribution in [0.4, 0.5) is 11.5 Å². The second kappa shape index (κ2) is 4.87. The summed E-state index contributed by atoms with van der Waals surface area (Å²) < 4.78 is 5.31. The van der Waals surface area contributed by atoms with Crippen molar-refractivity contribution in [2.75, 3.05) is 18.5 Å². The Bertz CT molecular complexity index is 436. The predicted octanol–water partition coefficient (Wildman–Crippen LogP) is 0.942. The number of aromatic nitrogens is 1. The number of hydrogen-bond donors (Lipinski definition) is 2. The molecule has 2 rings (SSSR count). The zero-order chi connectivity index (χ0) is 13.2. The van der Waals surface area contributed by atoms with Crippen LogP contribution in [0.25, 0.3) is 0 Å². The number of nitrogens with one attached hydrogen (secondary N) is 1. The Balaban J connectivity index is 1.96. The average molecular weight is 253 g/mol. The molecule has 1 saturated heterocycles. The maximum atomic E-state index is 10.5. The van der Waals surface area contributed by atoms with E-state index >= 15 is 0 Å². The van der Waals surface area contributed by atoms with Crippen molar-refractivity contribution >= 4 is 11.5 Å². The molecule has 0 bridgehead atoms. The summed E-state index contributed by atoms with van der Waals surface area (Å²) in [6.07, 6.45) is 1.51. The summed E-state index contributed by atoms with van der Waals surface area (Å²) in [6, 6.07) is 2.88. The standard InChI is InChI=1S/C11H15N3O4/c1-8-11(15,4-5-18-8)7-13-10-3-2-9(6-12-10)14(16)17/h2-3,6,8,15H,4-5,7H2,1H3,(H,12,13). The van der Waals surface area contributed by atoms with E-state index in [2.05, 4.69) is 10.3 Å². The third-order valence-corrected chi connectivity index (χ3v) is 3.19. The third-order valence-electron chi connectivity index (χ3n) is 3.19. The average Bonchev–Trinajstić information content (AvgIpc) is 2.68. The van der Waals surface area contributed by atoms with Crippen LogP contribution in [0.1, 0.15) is 13.3 Å². The number of pyridine rings is 1. The van der Waals surface area contributed by atoms with E-state index in [1.807, 2.05) is 6.92 Å². The number of hydrogen-bond acceptors (Lipinski definition) is 6. The number of rotatable bonds is 4. The molecule has 1 fully saturated rings. The number of nitrogens with zero attached hydrogens (tertiary/aromatic N) is 2. The van der Waals surface area contributed by atoms with E-state index in [-0.39, 0.29) is 11.8 Å². The molecule has 0 amide bonds. The van der Waals surface area contributed by atoms with Gasteiger partial charge in [-0.2, -0.15) is 0 Å². The highest BCUT2D eigenvalue weighted by atomic mass is 16.6. The Morgan fingerprint density at radius 2 is 2.50 bits per heavy atom. The molecule has 0 saturated carbocycles. The van der Waals surface area contributed by atoms with E-state index in [0.717, 1.165) is 0 Å². The van der Waals surface area contributed by atoms with Gasteiger partial charge >= 0.3 is 0 Å². The lowest BCUT2D eigenvalue weighted by molar-refractivity contribution is -0.385. The SMILES string of the molecule is CC1OCCC1(O)CNc1ccc([N+](=O)[O-])cn1. The van der Waals surface area contributed by atoms with E-state index in [0.29, 0.717) is 25.4 Å². The second-order valence-corrected chi connectivity index (χ2v) is 4.38. The molecular formula is C11H15N3O4. The molecule has 0 aromatic carbocycles. The van der Waals surface area contributed by atoms with Crippen LogP contribution in [0.2, 0.25) is 0 Å². The highest BCUT2D eigenvalue weighted by Gasteiger charge is 2.39. The summed E-state index contributed by atoms with van der Waals surface area (Å²) in [5.41, 5.74) is -0.972. The van der Waals surface area contributed by atoms with Crippen LogP contribution in [-0.4, -0.2) is 39.9 Å². The molecule has 2 heterocycles. The van der Waals surface area contributed by atoms with Crippen molar-refractivity contribution in [2.45, 2.75) is 25.0 Å². The van der Waals surface area contributed by atoms with Gasteiger partial charge in [0.25, 0.3) is 5.69 Å². The fourth-order valence-corrected chi connectivity index (χ4v) is 1.85. The Kier molecular flexibility index (Phi) is 3.44. The van der Waals surface area contributed by atoms with Crippen molar-refractivity contribution in [3.05, 3.63) is 28.4 Å². The molecule has 2 unspecified atom stereocenters. The zero-order valence-electron chi connectivity index (χ0n) is 10.00. The summed E-state index contributed by atoms with van der Waals surface area (Å²) in [5, 5.41) is 23.7. The lowest BCUT2D eigenvalue weighted by Crippen LogP contribution is -2.43. The lowest BCUT2D eigenvalue weighted by Gasteiger charge is -2.26. The maximum Gasteiger partial charge on any atom is 0.287 e. The number of aliphatic hydroxyl groups is 1. The van der Waals surface area contributed by atoms with Gasteiger partial charge < -0.3 is 15.2 Å². The molecule has 18 heavy (non-hydrogen) atoms. The first kappa shape index (κ1) is 12.7. The Hall–Kier alpha value is -1.73. The minimum atomic E-state index is -0.913. The molecule has 0 spiro atoms. The number of nitro groups is 1. The number of anilines is 1. The van der Waals surface area contributed by atoms with Gasteiger partial charge in [0, 0.05) is 25.6 Å². The molecule has 1 aliphatic heterocycles. The second-order valence-electron chi connectivity index (χ2n) is 4.38. The molecule has 98 valence electrons. The highest BCUT2D eigenvalue weighted by Crippen LogP contribution is 2.25. The molecule has 2 atom stereocenters. The zero-order valence-corrected chi connectivity index (χ0v) is 10.00. The Morgan fingerprint density at radius 1 is 1.72 bits per heavy atom. The molecule has 1 aliphatic rings. The fourth-order valence-electron chi connectivity index (χ4n) is 1.85. The van der Waals surface area contributed by atoms with Crippen molar-refractivity contribution < 1.29 is 14.8 Å². The summed E-state index contributed by atoms with van der Waals surface area (Å²) in [6.45, 7) is 2.66. The highest BCUT2D eigenvalue weighted by molar-refractivity contribution is 5.40. The van der Waals surface area contributed by atoms with Crippen LogP contribution in [0.3, 0.4) is 0 Å². The van der Waals surface area contributed by atoms with E-state index in [1.165, 1.54) is 18.3 Å². The Morgan fingerprint density at radius 3 is 3.00 bits per heavy atom. The van der Waals surface area contributed by atoms with E-state index in [4.69, 9.17) is 4.74 Å². The van der Waals surface area contributed by atoms with Crippen LogP contribution in [0.5, 0.6) is 0 Å². The van der Waals surface area contributed by atoms with E-state index < -0.39 is 10.5 Å². The first-order valence-corrected chi connectivity index (χ1v) is 5.69. The first-order chi connectivity index (χ1) is 8.51. The van der Waals surface area contributed by atoms with Crippen LogP contribution in [0.15, 0.2) is 18.3 Å². The third kappa shape index (κ3) is 2.57. The van der Waals surface area contributed by atoms with Gasteiger partial charge in [0.1, 0.15) is 17.6 Å². The predicted molar refractivity (Wildman–Crippen MR) is 64.4 cm³/mol. The summed E-state index contributed by atoms with van der Waals surface area (Å²) in [7, 11) is 0. The smallest absolute Gasteiger partial charge is 0.287 e. The first-order valence-electron chi connectivity index (χ1n) is 5.69. The van der Waals surface area contributed by atoms with Crippen molar-refractivity contribution in [1.82, 2.24) is 4.98 Å². The normalized spacial score (nSPS) is 27.1. The molecule has 1 aromatic rings. The fraction of sp³-hybridized carbons (Fsp3) is 0.545. The van der Waals surface area contributed by atoms with Crippen molar-refractivity contribution in [1.29, 1.82) is 0 Å². The maximum absolute atomic E-state index is 10.5. The van der Waals surface area contributed by atoms with Gasteiger partial charge in [-0.1, -0.05) is 0 Å². The Labute approximate surface area is 104 Å². The van der Waals surface area contributed by atoms with Crippen LogP contribution >= 0.6 is 0 Å². The van der Waals surface area contributed by atoms with Gasteiger partial charge in [-0.25, -0.2) is 4.98 Å². The molecule has 2 N–H and O–H groups in total. The van der Waals surface area contributed by atoms with E-state index in [9.17, 15) is 15.2 Å². The monoisotopic (exact) mass is 253 g/mol. The van der Waals surface area contributed by atoms with Crippen LogP contribution < -0.4 is 5.32 Å². The van der Waals surface area contributed by atoms with Crippen molar-refractivity contribution in [3.8, 4) is 0 Å². The summed E-state index contributed by atoms with van der Waals surface area (Å²) in [4.78, 5) is 13.9. The van der Waals surface area contributed by atoms with Gasteiger partial charge in [0.15, 0.2) is 0 Å². The van der Waals surface area contributed by atoms with Gasteiger partial charge in [-0.15, -0.1) is 0 Å². The quantitative estimate of drug-likeness (QED) is 0.612. The van der Waals surface area contributed by atoms with Crippen LogP contribution in [-0.2, 0) is 4.74 Å². The molecule has 0 radical (unpaired) electrons. The van der Waals surface area contributed by atoms with Gasteiger partial charge in [-0.05, 0) is 13.0 Å². The molecule has 7 nitrogen and oxygen atoms in total. The lowest BCUT2D eigenvalue weighted by atomic mass is 9.97. The molecule has 7 heteroatoms. The van der Waals surface area contributed by atoms with Gasteiger partial charge in [0.05, 0.1) is 11.0 Å². The number of ether oxygens (including phenoxy) is 1. The van der Waals surface area contributed by atoms with Gasteiger partial charge in [0.2, 0.25) is 0 Å². The largest absolute Gasteiger partial charge is 0.385 e. The van der Waals surface area contributed by atoms with Gasteiger partial charge in [-0.3, -0.25) is 10.1 Å². The van der Waals surface area contributed by atoms with Crippen LogP contribution in [0, 0.1) is 10.1 Å².